The van der Waals surface area contributed by atoms with Crippen LogP contribution in [0.15, 0.2) is 18.2 Å². The summed E-state index contributed by atoms with van der Waals surface area (Å²) in [6.45, 7) is 8.92. The Bertz CT molecular complexity index is 499. The predicted molar refractivity (Wildman–Crippen MR) is 80.0 cm³/mol. The van der Waals surface area contributed by atoms with Crippen molar-refractivity contribution in [3.05, 3.63) is 35.1 Å². The smallest absolute Gasteiger partial charge is 0.335 e. The van der Waals surface area contributed by atoms with Crippen LogP contribution in [0.2, 0.25) is 0 Å². The summed E-state index contributed by atoms with van der Waals surface area (Å²) in [5.41, 5.74) is 0.743. The highest BCUT2D eigenvalue weighted by Gasteiger charge is 2.20. The van der Waals surface area contributed by atoms with Crippen LogP contribution in [0.3, 0.4) is 0 Å². The largest absolute Gasteiger partial charge is 0.478 e. The van der Waals surface area contributed by atoms with Crippen molar-refractivity contribution in [2.24, 2.45) is 0 Å². The molecule has 0 radical (unpaired) electrons. The lowest BCUT2D eigenvalue weighted by Crippen LogP contribution is -2.49. The van der Waals surface area contributed by atoms with E-state index in [4.69, 9.17) is 5.11 Å². The first kappa shape index (κ1) is 15.9. The Morgan fingerprint density at radius 3 is 2.52 bits per heavy atom. The van der Waals surface area contributed by atoms with Gasteiger partial charge in [-0.05, 0) is 37.1 Å². The van der Waals surface area contributed by atoms with Crippen molar-refractivity contribution in [1.29, 1.82) is 0 Å². The molecule has 1 saturated heterocycles. The molecule has 21 heavy (non-hydrogen) atoms. The number of carboxylic acid groups (broad SMARTS) is 1. The number of nitrogens with zero attached hydrogens (tertiary/aromatic N) is 2. The maximum atomic E-state index is 13.5. The quantitative estimate of drug-likeness (QED) is 0.906. The topological polar surface area (TPSA) is 43.8 Å². The van der Waals surface area contributed by atoms with E-state index < -0.39 is 11.8 Å². The number of benzene rings is 1. The van der Waals surface area contributed by atoms with Crippen LogP contribution < -0.4 is 0 Å². The average Bonchev–Trinajstić information content (AvgIpc) is 2.46. The first-order valence-electron chi connectivity index (χ1n) is 7.48. The molecule has 1 fully saturated rings. The molecule has 1 aromatic rings. The molecule has 0 spiro atoms. The molecule has 0 aliphatic carbocycles. The number of halogens is 1. The van der Waals surface area contributed by atoms with Crippen LogP contribution in [0.5, 0.6) is 0 Å². The van der Waals surface area contributed by atoms with E-state index in [1.54, 1.807) is 6.07 Å². The Labute approximate surface area is 125 Å². The van der Waals surface area contributed by atoms with Crippen LogP contribution in [-0.4, -0.2) is 53.1 Å². The van der Waals surface area contributed by atoms with Crippen molar-refractivity contribution < 1.29 is 14.3 Å². The monoisotopic (exact) mass is 294 g/mol. The molecule has 116 valence electrons. The minimum absolute atomic E-state index is 0.0169. The number of carbonyl (C=O) groups is 1. The van der Waals surface area contributed by atoms with E-state index >= 15 is 0 Å². The summed E-state index contributed by atoms with van der Waals surface area (Å²) in [5.74, 6) is -1.57. The minimum Gasteiger partial charge on any atom is -0.478 e. The summed E-state index contributed by atoms with van der Waals surface area (Å²) in [6, 6.07) is 4.65. The number of carboxylic acids is 1. The summed E-state index contributed by atoms with van der Waals surface area (Å²) >= 11 is 0. The van der Waals surface area contributed by atoms with E-state index in [0.29, 0.717) is 12.6 Å². The van der Waals surface area contributed by atoms with Gasteiger partial charge in [-0.25, -0.2) is 9.18 Å². The standard InChI is InChI=1S/C16H23FN2O2/c1-3-12(2)19-6-4-18(5-7-19)11-13-8-14(16(20)21)10-15(17)9-13/h8-10,12H,3-7,11H2,1-2H3,(H,20,21). The lowest BCUT2D eigenvalue weighted by atomic mass is 10.1. The van der Waals surface area contributed by atoms with E-state index in [1.807, 2.05) is 0 Å². The second kappa shape index (κ2) is 7.00. The lowest BCUT2D eigenvalue weighted by molar-refractivity contribution is 0.0695. The fourth-order valence-corrected chi connectivity index (χ4v) is 2.74. The molecule has 0 aromatic heterocycles. The molecule has 1 unspecified atom stereocenters. The Hall–Kier alpha value is -1.46. The fraction of sp³-hybridized carbons (Fsp3) is 0.562. The van der Waals surface area contributed by atoms with Crippen LogP contribution in [0.1, 0.15) is 36.2 Å². The van der Waals surface area contributed by atoms with Gasteiger partial charge < -0.3 is 5.11 Å². The van der Waals surface area contributed by atoms with E-state index in [2.05, 4.69) is 23.6 Å². The van der Waals surface area contributed by atoms with Crippen molar-refractivity contribution in [2.75, 3.05) is 26.2 Å². The molecule has 1 heterocycles. The first-order chi connectivity index (χ1) is 9.99. The Morgan fingerprint density at radius 1 is 1.29 bits per heavy atom. The zero-order valence-corrected chi connectivity index (χ0v) is 12.7. The second-order valence-electron chi connectivity index (χ2n) is 5.72. The van der Waals surface area contributed by atoms with E-state index in [-0.39, 0.29) is 5.56 Å². The molecule has 0 saturated carbocycles. The van der Waals surface area contributed by atoms with Crippen molar-refractivity contribution >= 4 is 5.97 Å². The van der Waals surface area contributed by atoms with Crippen LogP contribution >= 0.6 is 0 Å². The maximum Gasteiger partial charge on any atom is 0.335 e. The normalized spacial score (nSPS) is 18.6. The molecule has 2 rings (SSSR count). The highest BCUT2D eigenvalue weighted by molar-refractivity contribution is 5.87. The number of hydrogen-bond donors (Lipinski definition) is 1. The van der Waals surface area contributed by atoms with E-state index in [1.165, 1.54) is 6.07 Å². The average molecular weight is 294 g/mol. The number of rotatable bonds is 5. The second-order valence-corrected chi connectivity index (χ2v) is 5.72. The minimum atomic E-state index is -1.09. The first-order valence-corrected chi connectivity index (χ1v) is 7.48. The van der Waals surface area contributed by atoms with E-state index in [9.17, 15) is 9.18 Å². The van der Waals surface area contributed by atoms with Gasteiger partial charge in [0.1, 0.15) is 5.82 Å². The summed E-state index contributed by atoms with van der Waals surface area (Å²) in [5, 5.41) is 8.98. The van der Waals surface area contributed by atoms with Gasteiger partial charge in [-0.3, -0.25) is 9.80 Å². The highest BCUT2D eigenvalue weighted by Crippen LogP contribution is 2.15. The fourth-order valence-electron chi connectivity index (χ4n) is 2.74. The SMILES string of the molecule is CCC(C)N1CCN(Cc2cc(F)cc(C(=O)O)c2)CC1. The van der Waals surface area contributed by atoms with Crippen molar-refractivity contribution in [2.45, 2.75) is 32.9 Å². The molecule has 1 atom stereocenters. The Balaban J connectivity index is 1.96. The van der Waals surface area contributed by atoms with Crippen LogP contribution in [-0.2, 0) is 6.54 Å². The van der Waals surface area contributed by atoms with Gasteiger partial charge in [0.2, 0.25) is 0 Å². The van der Waals surface area contributed by atoms with Gasteiger partial charge in [0.15, 0.2) is 0 Å². The zero-order valence-electron chi connectivity index (χ0n) is 12.7. The van der Waals surface area contributed by atoms with Crippen LogP contribution in [0, 0.1) is 5.82 Å². The predicted octanol–water partition coefficient (Wildman–Crippen LogP) is 2.44. The molecule has 1 N–H and O–H groups in total. The molecule has 1 aliphatic rings. The number of piperazine rings is 1. The molecule has 5 heteroatoms. The summed E-state index contributed by atoms with van der Waals surface area (Å²) in [7, 11) is 0. The third kappa shape index (κ3) is 4.25. The molecular weight excluding hydrogens is 271 g/mol. The third-order valence-corrected chi connectivity index (χ3v) is 4.23. The molecule has 0 bridgehead atoms. The van der Waals surface area contributed by atoms with Gasteiger partial charge in [-0.15, -0.1) is 0 Å². The van der Waals surface area contributed by atoms with Crippen LogP contribution in [0.25, 0.3) is 0 Å². The van der Waals surface area contributed by atoms with Crippen molar-refractivity contribution in [3.63, 3.8) is 0 Å². The van der Waals surface area contributed by atoms with Gasteiger partial charge in [0.05, 0.1) is 5.56 Å². The molecule has 0 amide bonds. The van der Waals surface area contributed by atoms with Crippen molar-refractivity contribution in [1.82, 2.24) is 9.80 Å². The van der Waals surface area contributed by atoms with Crippen LogP contribution in [0.4, 0.5) is 4.39 Å². The van der Waals surface area contributed by atoms with E-state index in [0.717, 1.165) is 44.2 Å². The van der Waals surface area contributed by atoms with Gasteiger partial charge in [-0.1, -0.05) is 6.92 Å². The van der Waals surface area contributed by atoms with Gasteiger partial charge in [-0.2, -0.15) is 0 Å². The Morgan fingerprint density at radius 2 is 1.95 bits per heavy atom. The summed E-state index contributed by atoms with van der Waals surface area (Å²) < 4.78 is 13.5. The van der Waals surface area contributed by atoms with Gasteiger partial charge in [0.25, 0.3) is 0 Å². The summed E-state index contributed by atoms with van der Waals surface area (Å²) in [4.78, 5) is 15.7. The number of aromatic carboxylic acids is 1. The molecular formula is C16H23FN2O2. The highest BCUT2D eigenvalue weighted by atomic mass is 19.1. The summed E-state index contributed by atoms with van der Waals surface area (Å²) in [6.07, 6.45) is 1.14. The molecule has 4 nitrogen and oxygen atoms in total. The maximum absolute atomic E-state index is 13.5. The van der Waals surface area contributed by atoms with Gasteiger partial charge in [0, 0.05) is 38.8 Å². The number of hydrogen-bond acceptors (Lipinski definition) is 3. The van der Waals surface area contributed by atoms with Crippen molar-refractivity contribution in [3.8, 4) is 0 Å². The molecule has 1 aromatic carbocycles. The Kier molecular flexibility index (Phi) is 5.31. The lowest BCUT2D eigenvalue weighted by Gasteiger charge is -2.37. The zero-order chi connectivity index (χ0) is 15.4. The molecule has 1 aliphatic heterocycles. The third-order valence-electron chi connectivity index (χ3n) is 4.23. The van der Waals surface area contributed by atoms with Gasteiger partial charge >= 0.3 is 5.97 Å².